The summed E-state index contributed by atoms with van der Waals surface area (Å²) < 4.78 is 12.5. The number of pyridine rings is 1. The number of aryl methyl sites for hydroxylation is 4. The van der Waals surface area contributed by atoms with E-state index in [4.69, 9.17) is 9.47 Å². The van der Waals surface area contributed by atoms with Crippen molar-refractivity contribution in [2.45, 2.75) is 33.7 Å². The smallest absolute Gasteiger partial charge is 0.343 e. The van der Waals surface area contributed by atoms with Gasteiger partial charge in [-0.3, -0.25) is 4.79 Å². The molecule has 0 saturated carbocycles. The zero-order valence-electron chi connectivity index (χ0n) is 16.7. The molecule has 3 rings (SSSR count). The van der Waals surface area contributed by atoms with Crippen LogP contribution in [-0.2, 0) is 17.7 Å². The van der Waals surface area contributed by atoms with Crippen molar-refractivity contribution in [1.82, 2.24) is 14.5 Å². The van der Waals surface area contributed by atoms with Gasteiger partial charge in [-0.25, -0.2) is 14.8 Å². The highest BCUT2D eigenvalue weighted by atomic mass is 16.5. The topological polar surface area (TPSA) is 83.3 Å². The van der Waals surface area contributed by atoms with Gasteiger partial charge in [0.15, 0.2) is 5.75 Å². The lowest BCUT2D eigenvalue weighted by Gasteiger charge is -2.12. The van der Waals surface area contributed by atoms with Crippen LogP contribution in [-0.4, -0.2) is 27.1 Å². The average Bonchev–Trinajstić information content (AvgIpc) is 2.68. The van der Waals surface area contributed by atoms with Crippen molar-refractivity contribution in [3.05, 3.63) is 81.8 Å². The van der Waals surface area contributed by atoms with Crippen LogP contribution in [0.3, 0.4) is 0 Å². The van der Waals surface area contributed by atoms with Crippen molar-refractivity contribution in [3.63, 3.8) is 0 Å². The van der Waals surface area contributed by atoms with Gasteiger partial charge >= 0.3 is 5.97 Å². The third-order valence-electron chi connectivity index (χ3n) is 4.13. The third-order valence-corrected chi connectivity index (χ3v) is 4.13. The maximum atomic E-state index is 12.7. The highest BCUT2D eigenvalue weighted by Crippen LogP contribution is 2.18. The van der Waals surface area contributed by atoms with Crippen LogP contribution in [0.5, 0.6) is 11.5 Å². The number of para-hydroxylation sites is 1. The van der Waals surface area contributed by atoms with E-state index in [2.05, 4.69) is 9.97 Å². The molecule has 2 aromatic heterocycles. The van der Waals surface area contributed by atoms with Gasteiger partial charge in [-0.2, -0.15) is 0 Å². The minimum absolute atomic E-state index is 0.0584. The molecule has 0 aliphatic rings. The lowest BCUT2D eigenvalue weighted by molar-refractivity contribution is 0.0523. The summed E-state index contributed by atoms with van der Waals surface area (Å²) in [6.07, 6.45) is 3.61. The molecule has 0 bridgehead atoms. The summed E-state index contributed by atoms with van der Waals surface area (Å²) in [5.74, 6) is 0.592. The number of carbonyl (C=O) groups excluding carboxylic acids is 1. The zero-order valence-corrected chi connectivity index (χ0v) is 16.7. The van der Waals surface area contributed by atoms with E-state index in [-0.39, 0.29) is 17.9 Å². The Morgan fingerprint density at radius 2 is 1.76 bits per heavy atom. The standard InChI is InChI=1S/C22H23N3O4/c1-4-28-22(27)18-13-25(11-10-20-23-15(2)12-16(3)24-20)14-19(21(18)26)29-17-8-6-5-7-9-17/h5-9,12-14H,4,10-11H2,1-3H3. The first-order chi connectivity index (χ1) is 14.0. The van der Waals surface area contributed by atoms with Crippen LogP contribution >= 0.6 is 0 Å². The summed E-state index contributed by atoms with van der Waals surface area (Å²) in [7, 11) is 0. The average molecular weight is 393 g/mol. The molecule has 0 saturated heterocycles. The summed E-state index contributed by atoms with van der Waals surface area (Å²) in [5.41, 5.74) is 1.22. The van der Waals surface area contributed by atoms with Gasteiger partial charge in [0.05, 0.1) is 12.8 Å². The van der Waals surface area contributed by atoms with E-state index in [1.54, 1.807) is 42.0 Å². The second-order valence-electron chi connectivity index (χ2n) is 6.56. The molecule has 0 N–H and O–H groups in total. The highest BCUT2D eigenvalue weighted by Gasteiger charge is 2.17. The molecule has 3 aromatic rings. The number of esters is 1. The summed E-state index contributed by atoms with van der Waals surface area (Å²) >= 11 is 0. The quantitative estimate of drug-likeness (QED) is 0.572. The summed E-state index contributed by atoms with van der Waals surface area (Å²) in [6.45, 7) is 6.18. The summed E-state index contributed by atoms with van der Waals surface area (Å²) in [5, 5.41) is 0. The van der Waals surface area contributed by atoms with E-state index < -0.39 is 11.4 Å². The van der Waals surface area contributed by atoms with Crippen LogP contribution in [0.4, 0.5) is 0 Å². The Morgan fingerprint density at radius 3 is 2.41 bits per heavy atom. The molecule has 150 valence electrons. The molecular formula is C22H23N3O4. The molecule has 29 heavy (non-hydrogen) atoms. The number of nitrogens with zero attached hydrogens (tertiary/aromatic N) is 3. The lowest BCUT2D eigenvalue weighted by Crippen LogP contribution is -2.21. The van der Waals surface area contributed by atoms with E-state index in [9.17, 15) is 9.59 Å². The van der Waals surface area contributed by atoms with Gasteiger partial charge in [0.25, 0.3) is 0 Å². The SMILES string of the molecule is CCOC(=O)c1cn(CCc2nc(C)cc(C)n2)cc(Oc2ccccc2)c1=O. The molecule has 1 aromatic carbocycles. The van der Waals surface area contributed by atoms with Crippen molar-refractivity contribution >= 4 is 5.97 Å². The summed E-state index contributed by atoms with van der Waals surface area (Å²) in [4.78, 5) is 33.9. The largest absolute Gasteiger partial charge is 0.462 e. The Kier molecular flexibility index (Phi) is 6.39. The maximum absolute atomic E-state index is 12.7. The van der Waals surface area contributed by atoms with Gasteiger partial charge in [-0.15, -0.1) is 0 Å². The Morgan fingerprint density at radius 1 is 1.07 bits per heavy atom. The highest BCUT2D eigenvalue weighted by molar-refractivity contribution is 5.89. The molecule has 2 heterocycles. The van der Waals surface area contributed by atoms with Crippen LogP contribution < -0.4 is 10.2 Å². The molecule has 0 radical (unpaired) electrons. The van der Waals surface area contributed by atoms with Crippen molar-refractivity contribution in [2.24, 2.45) is 0 Å². The molecule has 0 aliphatic heterocycles. The van der Waals surface area contributed by atoms with Crippen LogP contribution in [0.1, 0.15) is 34.5 Å². The monoisotopic (exact) mass is 393 g/mol. The van der Waals surface area contributed by atoms with Crippen molar-refractivity contribution < 1.29 is 14.3 Å². The van der Waals surface area contributed by atoms with Gasteiger partial charge in [0.1, 0.15) is 17.1 Å². The molecule has 0 atom stereocenters. The minimum atomic E-state index is -0.674. The Balaban J connectivity index is 1.92. The molecule has 0 amide bonds. The van der Waals surface area contributed by atoms with Gasteiger partial charge in [-0.1, -0.05) is 18.2 Å². The minimum Gasteiger partial charge on any atom is -0.462 e. The van der Waals surface area contributed by atoms with E-state index in [0.29, 0.717) is 24.5 Å². The van der Waals surface area contributed by atoms with Crippen molar-refractivity contribution in [1.29, 1.82) is 0 Å². The van der Waals surface area contributed by atoms with Gasteiger partial charge in [-0.05, 0) is 39.0 Å². The fourth-order valence-corrected chi connectivity index (χ4v) is 2.92. The van der Waals surface area contributed by atoms with E-state index in [1.165, 1.54) is 6.20 Å². The molecule has 7 heteroatoms. The van der Waals surface area contributed by atoms with Gasteiger partial charge in [0.2, 0.25) is 5.43 Å². The number of carbonyl (C=O) groups is 1. The van der Waals surface area contributed by atoms with E-state index in [1.807, 2.05) is 26.0 Å². The first-order valence-electron chi connectivity index (χ1n) is 9.41. The maximum Gasteiger partial charge on any atom is 0.343 e. The number of rotatable bonds is 7. The van der Waals surface area contributed by atoms with Crippen LogP contribution in [0.25, 0.3) is 0 Å². The van der Waals surface area contributed by atoms with Gasteiger partial charge < -0.3 is 14.0 Å². The zero-order chi connectivity index (χ0) is 20.8. The number of hydrogen-bond acceptors (Lipinski definition) is 6. The Bertz CT molecular complexity index is 1040. The predicted octanol–water partition coefficient (Wildman–Crippen LogP) is 3.47. The molecular weight excluding hydrogens is 370 g/mol. The molecule has 0 unspecified atom stereocenters. The number of benzene rings is 1. The Labute approximate surface area is 169 Å². The second-order valence-corrected chi connectivity index (χ2v) is 6.56. The first kappa shape index (κ1) is 20.3. The number of ether oxygens (including phenoxy) is 2. The van der Waals surface area contributed by atoms with Crippen LogP contribution in [0.15, 0.2) is 53.6 Å². The molecule has 7 nitrogen and oxygen atoms in total. The van der Waals surface area contributed by atoms with E-state index >= 15 is 0 Å². The van der Waals surface area contributed by atoms with Crippen LogP contribution in [0.2, 0.25) is 0 Å². The van der Waals surface area contributed by atoms with Gasteiger partial charge in [0, 0.05) is 30.6 Å². The Hall–Kier alpha value is -3.48. The number of aromatic nitrogens is 3. The number of hydrogen-bond donors (Lipinski definition) is 0. The first-order valence-corrected chi connectivity index (χ1v) is 9.41. The fourth-order valence-electron chi connectivity index (χ4n) is 2.92. The predicted molar refractivity (Wildman–Crippen MR) is 108 cm³/mol. The summed E-state index contributed by atoms with van der Waals surface area (Å²) in [6, 6.07) is 10.9. The molecule has 0 fully saturated rings. The second kappa shape index (κ2) is 9.14. The van der Waals surface area contributed by atoms with E-state index in [0.717, 1.165) is 11.4 Å². The van der Waals surface area contributed by atoms with Crippen LogP contribution in [0, 0.1) is 13.8 Å². The lowest BCUT2D eigenvalue weighted by atomic mass is 10.2. The van der Waals surface area contributed by atoms with Crippen molar-refractivity contribution in [2.75, 3.05) is 6.61 Å². The molecule has 0 spiro atoms. The molecule has 0 aliphatic carbocycles. The van der Waals surface area contributed by atoms with Crippen molar-refractivity contribution in [3.8, 4) is 11.5 Å². The fraction of sp³-hybridized carbons (Fsp3) is 0.273. The third kappa shape index (κ3) is 5.28. The normalized spacial score (nSPS) is 10.6.